The van der Waals surface area contributed by atoms with Crippen molar-refractivity contribution in [1.29, 1.82) is 0 Å². The summed E-state index contributed by atoms with van der Waals surface area (Å²) in [5.74, 6) is 1.57. The summed E-state index contributed by atoms with van der Waals surface area (Å²) in [7, 11) is 0. The Kier molecular flexibility index (Phi) is 4.71. The number of nitrogens with two attached hydrogens (primary N) is 1. The highest BCUT2D eigenvalue weighted by molar-refractivity contribution is 7.09. The number of aromatic nitrogens is 1. The van der Waals surface area contributed by atoms with Crippen molar-refractivity contribution >= 4 is 11.3 Å². The first-order chi connectivity index (χ1) is 10.2. The average Bonchev–Trinajstić information content (AvgIpc) is 2.97. The van der Waals surface area contributed by atoms with E-state index in [-0.39, 0.29) is 6.04 Å². The first kappa shape index (κ1) is 14.7. The molecule has 1 saturated carbocycles. The number of hydrogen-bond donors (Lipinski definition) is 1. The number of benzene rings is 1. The van der Waals surface area contributed by atoms with Crippen LogP contribution >= 0.6 is 11.3 Å². The summed E-state index contributed by atoms with van der Waals surface area (Å²) in [5, 5.41) is 3.33. The molecule has 0 spiro atoms. The summed E-state index contributed by atoms with van der Waals surface area (Å²) in [6.45, 7) is 2.36. The predicted molar refractivity (Wildman–Crippen MR) is 90.4 cm³/mol. The van der Waals surface area contributed by atoms with Crippen LogP contribution in [0.3, 0.4) is 0 Å². The molecule has 1 fully saturated rings. The zero-order chi connectivity index (χ0) is 14.7. The highest BCUT2D eigenvalue weighted by Crippen LogP contribution is 2.31. The van der Waals surface area contributed by atoms with E-state index in [4.69, 9.17) is 10.7 Å². The topological polar surface area (TPSA) is 38.9 Å². The predicted octanol–water partition coefficient (Wildman–Crippen LogP) is 4.51. The molecule has 0 bridgehead atoms. The molecule has 112 valence electrons. The Balaban J connectivity index is 1.62. The fraction of sp³-hybridized carbons (Fsp3) is 0.500. The smallest absolute Gasteiger partial charge is 0.0948 e. The van der Waals surface area contributed by atoms with Crippen molar-refractivity contribution < 1.29 is 0 Å². The molecule has 0 saturated heterocycles. The highest BCUT2D eigenvalue weighted by atomic mass is 32.1. The second kappa shape index (κ2) is 6.71. The molecule has 0 radical (unpaired) electrons. The fourth-order valence-electron chi connectivity index (χ4n) is 3.23. The molecule has 2 N–H and O–H groups in total. The second-order valence-corrected chi connectivity index (χ2v) is 7.32. The zero-order valence-corrected chi connectivity index (χ0v) is 13.5. The standard InChI is InChI=1S/C18H24N2S/c1-13-7-9-14(10-8-13)16(19)11-18-20-17(12-21-18)15-5-3-2-4-6-15/h2-6,12-14,16H,7-11,19H2,1H3. The van der Waals surface area contributed by atoms with Crippen molar-refractivity contribution in [2.45, 2.75) is 45.1 Å². The van der Waals surface area contributed by atoms with Gasteiger partial charge in [0.15, 0.2) is 0 Å². The van der Waals surface area contributed by atoms with E-state index in [0.29, 0.717) is 5.92 Å². The van der Waals surface area contributed by atoms with Crippen molar-refractivity contribution in [3.8, 4) is 11.3 Å². The largest absolute Gasteiger partial charge is 0.327 e. The van der Waals surface area contributed by atoms with Gasteiger partial charge in [-0.1, -0.05) is 50.1 Å². The molecule has 1 heterocycles. The average molecular weight is 300 g/mol. The summed E-state index contributed by atoms with van der Waals surface area (Å²) in [6.07, 6.45) is 6.19. The van der Waals surface area contributed by atoms with Crippen LogP contribution in [0, 0.1) is 11.8 Å². The minimum atomic E-state index is 0.271. The molecule has 1 aromatic carbocycles. The normalized spacial score (nSPS) is 23.9. The molecule has 0 amide bonds. The van der Waals surface area contributed by atoms with Crippen LogP contribution in [0.5, 0.6) is 0 Å². The van der Waals surface area contributed by atoms with Gasteiger partial charge in [0.1, 0.15) is 0 Å². The van der Waals surface area contributed by atoms with Gasteiger partial charge >= 0.3 is 0 Å². The third kappa shape index (κ3) is 3.72. The van der Waals surface area contributed by atoms with Crippen molar-refractivity contribution in [3.05, 3.63) is 40.7 Å². The molecule has 1 atom stereocenters. The van der Waals surface area contributed by atoms with E-state index < -0.39 is 0 Å². The lowest BCUT2D eigenvalue weighted by Crippen LogP contribution is -2.34. The van der Waals surface area contributed by atoms with Gasteiger partial charge in [0, 0.05) is 23.4 Å². The van der Waals surface area contributed by atoms with Crippen LogP contribution in [0.2, 0.25) is 0 Å². The summed E-state index contributed by atoms with van der Waals surface area (Å²) in [4.78, 5) is 4.77. The van der Waals surface area contributed by atoms with Gasteiger partial charge in [-0.25, -0.2) is 4.98 Å². The highest BCUT2D eigenvalue weighted by Gasteiger charge is 2.24. The molecule has 1 aliphatic rings. The van der Waals surface area contributed by atoms with E-state index in [1.165, 1.54) is 36.3 Å². The third-order valence-electron chi connectivity index (χ3n) is 4.70. The van der Waals surface area contributed by atoms with Crippen molar-refractivity contribution in [3.63, 3.8) is 0 Å². The van der Waals surface area contributed by atoms with E-state index in [0.717, 1.165) is 18.0 Å². The fourth-order valence-corrected chi connectivity index (χ4v) is 4.10. The molecular formula is C18H24N2S. The molecule has 1 aromatic heterocycles. The molecule has 2 aromatic rings. The zero-order valence-electron chi connectivity index (χ0n) is 12.7. The van der Waals surface area contributed by atoms with E-state index in [2.05, 4.69) is 36.6 Å². The van der Waals surface area contributed by atoms with Crippen LogP contribution in [0.25, 0.3) is 11.3 Å². The van der Waals surface area contributed by atoms with Gasteiger partial charge in [-0.3, -0.25) is 0 Å². The lowest BCUT2D eigenvalue weighted by atomic mass is 9.79. The summed E-state index contributed by atoms with van der Waals surface area (Å²) in [6, 6.07) is 10.7. The quantitative estimate of drug-likeness (QED) is 0.902. The number of hydrogen-bond acceptors (Lipinski definition) is 3. The maximum atomic E-state index is 6.44. The van der Waals surface area contributed by atoms with Crippen LogP contribution in [-0.4, -0.2) is 11.0 Å². The Labute approximate surface area is 131 Å². The summed E-state index contributed by atoms with van der Waals surface area (Å²) < 4.78 is 0. The monoisotopic (exact) mass is 300 g/mol. The first-order valence-electron chi connectivity index (χ1n) is 7.98. The first-order valence-corrected chi connectivity index (χ1v) is 8.85. The summed E-state index contributed by atoms with van der Waals surface area (Å²) >= 11 is 1.75. The molecule has 3 rings (SSSR count). The van der Waals surface area contributed by atoms with E-state index in [1.807, 2.05) is 6.07 Å². The van der Waals surface area contributed by atoms with Gasteiger partial charge in [0.05, 0.1) is 10.7 Å². The molecule has 2 nitrogen and oxygen atoms in total. The summed E-state index contributed by atoms with van der Waals surface area (Å²) in [5.41, 5.74) is 8.72. The van der Waals surface area contributed by atoms with E-state index in [9.17, 15) is 0 Å². The molecule has 0 aliphatic heterocycles. The van der Waals surface area contributed by atoms with Gasteiger partial charge in [-0.15, -0.1) is 11.3 Å². The van der Waals surface area contributed by atoms with Gasteiger partial charge in [0.25, 0.3) is 0 Å². The molecule has 21 heavy (non-hydrogen) atoms. The lowest BCUT2D eigenvalue weighted by molar-refractivity contribution is 0.253. The van der Waals surface area contributed by atoms with Gasteiger partial charge in [-0.2, -0.15) is 0 Å². The van der Waals surface area contributed by atoms with Crippen molar-refractivity contribution in [1.82, 2.24) is 4.98 Å². The molecule has 1 aliphatic carbocycles. The maximum Gasteiger partial charge on any atom is 0.0948 e. The Morgan fingerprint density at radius 3 is 2.62 bits per heavy atom. The minimum Gasteiger partial charge on any atom is -0.327 e. The molecule has 1 unspecified atom stereocenters. The van der Waals surface area contributed by atoms with Gasteiger partial charge in [0.2, 0.25) is 0 Å². The van der Waals surface area contributed by atoms with E-state index in [1.54, 1.807) is 11.3 Å². The number of rotatable bonds is 4. The number of nitrogens with zero attached hydrogens (tertiary/aromatic N) is 1. The van der Waals surface area contributed by atoms with Crippen LogP contribution in [0.15, 0.2) is 35.7 Å². The van der Waals surface area contributed by atoms with Crippen LogP contribution < -0.4 is 5.73 Å². The Bertz CT molecular complexity index is 556. The minimum absolute atomic E-state index is 0.271. The van der Waals surface area contributed by atoms with Gasteiger partial charge < -0.3 is 5.73 Å². The molecule has 3 heteroatoms. The SMILES string of the molecule is CC1CCC(C(N)Cc2nc(-c3ccccc3)cs2)CC1. The van der Waals surface area contributed by atoms with Crippen LogP contribution in [-0.2, 0) is 6.42 Å². The number of thiazole rings is 1. The van der Waals surface area contributed by atoms with Gasteiger partial charge in [-0.05, 0) is 24.7 Å². The Morgan fingerprint density at radius 1 is 1.19 bits per heavy atom. The third-order valence-corrected chi connectivity index (χ3v) is 5.57. The Morgan fingerprint density at radius 2 is 1.90 bits per heavy atom. The lowest BCUT2D eigenvalue weighted by Gasteiger charge is -2.30. The van der Waals surface area contributed by atoms with Crippen LogP contribution in [0.4, 0.5) is 0 Å². The van der Waals surface area contributed by atoms with Crippen molar-refractivity contribution in [2.24, 2.45) is 17.6 Å². The molecular weight excluding hydrogens is 276 g/mol. The van der Waals surface area contributed by atoms with Crippen LogP contribution in [0.1, 0.15) is 37.6 Å². The maximum absolute atomic E-state index is 6.44. The van der Waals surface area contributed by atoms with Crippen molar-refractivity contribution in [2.75, 3.05) is 0 Å². The second-order valence-electron chi connectivity index (χ2n) is 6.38. The van der Waals surface area contributed by atoms with E-state index >= 15 is 0 Å². The Hall–Kier alpha value is -1.19.